The van der Waals surface area contributed by atoms with E-state index in [0.29, 0.717) is 0 Å². The lowest BCUT2D eigenvalue weighted by Crippen LogP contribution is -2.28. The molecule has 2 rings (SSSR count). The van der Waals surface area contributed by atoms with E-state index >= 15 is 0 Å². The summed E-state index contributed by atoms with van der Waals surface area (Å²) in [5, 5.41) is 0. The molecule has 3 heteroatoms. The van der Waals surface area contributed by atoms with Crippen LogP contribution in [0, 0.1) is 0 Å². The standard InChI is InChI=1S/C14H13BrOS/c1-14(2,10-6-4-3-5-7-10)13(16)11-8-9-12(15)17-11/h3-9H,1-2H3. The molecule has 0 unspecified atom stereocenters. The number of Topliss-reactive ketones (excluding diaryl/α,β-unsaturated/α-hetero) is 1. The van der Waals surface area contributed by atoms with E-state index in [-0.39, 0.29) is 5.78 Å². The van der Waals surface area contributed by atoms with Crippen molar-refractivity contribution < 1.29 is 4.79 Å². The Kier molecular flexibility index (Phi) is 3.50. The molecule has 1 nitrogen and oxygen atoms in total. The SMILES string of the molecule is CC(C)(C(=O)c1ccc(Br)s1)c1ccccc1. The predicted octanol–water partition coefficient (Wildman–Crippen LogP) is 4.67. The van der Waals surface area contributed by atoms with Gasteiger partial charge < -0.3 is 0 Å². The Morgan fingerprint density at radius 2 is 1.76 bits per heavy atom. The molecule has 0 bridgehead atoms. The van der Waals surface area contributed by atoms with Gasteiger partial charge in [-0.05, 0) is 47.5 Å². The zero-order valence-corrected chi connectivity index (χ0v) is 12.1. The summed E-state index contributed by atoms with van der Waals surface area (Å²) in [7, 11) is 0. The third-order valence-electron chi connectivity index (χ3n) is 2.86. The number of rotatable bonds is 3. The molecule has 0 aliphatic heterocycles. The number of carbonyl (C=O) groups is 1. The van der Waals surface area contributed by atoms with Crippen molar-refractivity contribution in [1.82, 2.24) is 0 Å². The molecule has 0 radical (unpaired) electrons. The van der Waals surface area contributed by atoms with Crippen LogP contribution in [-0.2, 0) is 5.41 Å². The van der Waals surface area contributed by atoms with Gasteiger partial charge in [0, 0.05) is 0 Å². The summed E-state index contributed by atoms with van der Waals surface area (Å²) in [6, 6.07) is 13.7. The van der Waals surface area contributed by atoms with E-state index in [2.05, 4.69) is 15.9 Å². The van der Waals surface area contributed by atoms with E-state index < -0.39 is 5.41 Å². The van der Waals surface area contributed by atoms with Gasteiger partial charge in [0.05, 0.1) is 14.1 Å². The molecule has 17 heavy (non-hydrogen) atoms. The largest absolute Gasteiger partial charge is 0.292 e. The normalized spacial score (nSPS) is 11.5. The summed E-state index contributed by atoms with van der Waals surface area (Å²) < 4.78 is 0.990. The van der Waals surface area contributed by atoms with Crippen LogP contribution in [0.5, 0.6) is 0 Å². The first-order valence-corrected chi connectivity index (χ1v) is 6.98. The maximum Gasteiger partial charge on any atom is 0.182 e. The summed E-state index contributed by atoms with van der Waals surface area (Å²) in [5.74, 6) is 0.166. The number of hydrogen-bond acceptors (Lipinski definition) is 2. The fourth-order valence-corrected chi connectivity index (χ4v) is 3.22. The van der Waals surface area contributed by atoms with Crippen molar-refractivity contribution in [1.29, 1.82) is 0 Å². The van der Waals surface area contributed by atoms with Gasteiger partial charge in [-0.1, -0.05) is 30.3 Å². The van der Waals surface area contributed by atoms with Crippen LogP contribution in [0.15, 0.2) is 46.3 Å². The molecule has 0 fully saturated rings. The number of ketones is 1. The molecular formula is C14H13BrOS. The summed E-state index contributed by atoms with van der Waals surface area (Å²) in [6.45, 7) is 3.94. The number of halogens is 1. The van der Waals surface area contributed by atoms with Crippen molar-refractivity contribution >= 4 is 33.0 Å². The van der Waals surface area contributed by atoms with Crippen molar-refractivity contribution in [2.24, 2.45) is 0 Å². The molecule has 88 valence electrons. The monoisotopic (exact) mass is 308 g/mol. The van der Waals surface area contributed by atoms with Crippen molar-refractivity contribution in [3.05, 3.63) is 56.7 Å². The van der Waals surface area contributed by atoms with E-state index in [1.165, 1.54) is 11.3 Å². The molecule has 0 aliphatic carbocycles. The first kappa shape index (κ1) is 12.5. The van der Waals surface area contributed by atoms with Crippen molar-refractivity contribution in [3.8, 4) is 0 Å². The molecule has 1 heterocycles. The molecule has 0 spiro atoms. The molecule has 0 amide bonds. The average Bonchev–Trinajstić information content (AvgIpc) is 2.76. The molecule has 2 aromatic rings. The minimum Gasteiger partial charge on any atom is -0.292 e. The van der Waals surface area contributed by atoms with Gasteiger partial charge in [0.25, 0.3) is 0 Å². The van der Waals surface area contributed by atoms with E-state index in [1.807, 2.05) is 56.3 Å². The molecule has 0 aliphatic rings. The van der Waals surface area contributed by atoms with Crippen molar-refractivity contribution in [2.75, 3.05) is 0 Å². The minimum absolute atomic E-state index is 0.166. The number of carbonyl (C=O) groups excluding carboxylic acids is 1. The van der Waals surface area contributed by atoms with Gasteiger partial charge in [-0.25, -0.2) is 0 Å². The Balaban J connectivity index is 2.36. The maximum atomic E-state index is 12.5. The average molecular weight is 309 g/mol. The Morgan fingerprint density at radius 1 is 1.12 bits per heavy atom. The van der Waals surface area contributed by atoms with Crippen LogP contribution in [0.1, 0.15) is 29.1 Å². The van der Waals surface area contributed by atoms with Crippen LogP contribution in [0.3, 0.4) is 0 Å². The van der Waals surface area contributed by atoms with Crippen LogP contribution in [0.25, 0.3) is 0 Å². The zero-order valence-electron chi connectivity index (χ0n) is 9.74. The first-order chi connectivity index (χ1) is 8.01. The lowest BCUT2D eigenvalue weighted by Gasteiger charge is -2.22. The highest BCUT2D eigenvalue weighted by atomic mass is 79.9. The van der Waals surface area contributed by atoms with Gasteiger partial charge >= 0.3 is 0 Å². The Labute approximate surface area is 114 Å². The Bertz CT molecular complexity index is 528. The van der Waals surface area contributed by atoms with Crippen LogP contribution < -0.4 is 0 Å². The quantitative estimate of drug-likeness (QED) is 0.753. The fourth-order valence-electron chi connectivity index (χ4n) is 1.73. The van der Waals surface area contributed by atoms with Gasteiger partial charge in [0.2, 0.25) is 0 Å². The van der Waals surface area contributed by atoms with Crippen molar-refractivity contribution in [3.63, 3.8) is 0 Å². The zero-order chi connectivity index (χ0) is 12.5. The van der Waals surface area contributed by atoms with Gasteiger partial charge in [0.1, 0.15) is 0 Å². The second kappa shape index (κ2) is 4.75. The summed E-state index contributed by atoms with van der Waals surface area (Å²) in [4.78, 5) is 13.3. The van der Waals surface area contributed by atoms with Crippen LogP contribution in [-0.4, -0.2) is 5.78 Å². The molecule has 0 atom stereocenters. The third-order valence-corrected chi connectivity index (χ3v) is 4.48. The van der Waals surface area contributed by atoms with Crippen LogP contribution >= 0.6 is 27.3 Å². The van der Waals surface area contributed by atoms with Crippen molar-refractivity contribution in [2.45, 2.75) is 19.3 Å². The van der Waals surface area contributed by atoms with E-state index in [0.717, 1.165) is 14.2 Å². The lowest BCUT2D eigenvalue weighted by atomic mass is 9.80. The summed E-state index contributed by atoms with van der Waals surface area (Å²) in [5.41, 5.74) is 0.570. The van der Waals surface area contributed by atoms with Gasteiger partial charge in [0.15, 0.2) is 5.78 Å². The second-order valence-corrected chi connectivity index (χ2v) is 6.89. The van der Waals surface area contributed by atoms with E-state index in [4.69, 9.17) is 0 Å². The highest BCUT2D eigenvalue weighted by Crippen LogP contribution is 2.31. The minimum atomic E-state index is -0.481. The van der Waals surface area contributed by atoms with Gasteiger partial charge in [-0.15, -0.1) is 11.3 Å². The summed E-state index contributed by atoms with van der Waals surface area (Å²) >= 11 is 4.87. The smallest absolute Gasteiger partial charge is 0.182 e. The predicted molar refractivity (Wildman–Crippen MR) is 75.8 cm³/mol. The van der Waals surface area contributed by atoms with Crippen LogP contribution in [0.4, 0.5) is 0 Å². The maximum absolute atomic E-state index is 12.5. The van der Waals surface area contributed by atoms with E-state index in [1.54, 1.807) is 0 Å². The Hall–Kier alpha value is -0.930. The molecule has 0 saturated carbocycles. The van der Waals surface area contributed by atoms with Gasteiger partial charge in [-0.2, -0.15) is 0 Å². The molecule has 0 N–H and O–H groups in total. The molecular weight excluding hydrogens is 296 g/mol. The summed E-state index contributed by atoms with van der Waals surface area (Å²) in [6.07, 6.45) is 0. The number of hydrogen-bond donors (Lipinski definition) is 0. The number of thiophene rings is 1. The highest BCUT2D eigenvalue weighted by molar-refractivity contribution is 9.11. The fraction of sp³-hybridized carbons (Fsp3) is 0.214. The first-order valence-electron chi connectivity index (χ1n) is 5.37. The van der Waals surface area contributed by atoms with E-state index in [9.17, 15) is 4.79 Å². The topological polar surface area (TPSA) is 17.1 Å². The second-order valence-electron chi connectivity index (χ2n) is 4.42. The lowest BCUT2D eigenvalue weighted by molar-refractivity contribution is 0.0913. The molecule has 0 saturated heterocycles. The highest BCUT2D eigenvalue weighted by Gasteiger charge is 2.31. The van der Waals surface area contributed by atoms with Crippen LogP contribution in [0.2, 0.25) is 0 Å². The molecule has 1 aromatic heterocycles. The third kappa shape index (κ3) is 2.50. The number of benzene rings is 1. The Morgan fingerprint density at radius 3 is 2.29 bits per heavy atom. The molecule has 1 aromatic carbocycles. The van der Waals surface area contributed by atoms with Gasteiger partial charge in [-0.3, -0.25) is 4.79 Å².